The Morgan fingerprint density at radius 3 is 2.24 bits per heavy atom. The van der Waals surface area contributed by atoms with Gasteiger partial charge >= 0.3 is 5.97 Å². The van der Waals surface area contributed by atoms with Gasteiger partial charge in [0, 0.05) is 77.2 Å². The highest BCUT2D eigenvalue weighted by atomic mass is 35.5. The van der Waals surface area contributed by atoms with Crippen LogP contribution in [0.25, 0.3) is 21.6 Å². The zero-order valence-electron chi connectivity index (χ0n) is 40.0. The molecule has 3 N–H and O–H groups in total. The molecule has 0 aliphatic carbocycles. The second-order valence-corrected chi connectivity index (χ2v) is 21.6. The Hall–Kier alpha value is -5.79. The molecule has 1 saturated heterocycles. The number of amides is 2. The van der Waals surface area contributed by atoms with E-state index in [0.717, 1.165) is 84.6 Å². The SMILES string of the molecule is COC1CCN(S(=O)(=O)c2cc(C(=O)NCCCCCCCCCCNC(=O)C[C@@H]3N=C(c4ccc(Cl)cc4)c4c(sc(C)c4C)-n4c(C)nnc43)ccc2-c2ccn3ncc(CC(=O)O)c3c2)CC1. The first-order valence-corrected chi connectivity index (χ1v) is 26.6. The number of piperidine rings is 1. The minimum Gasteiger partial charge on any atom is -0.481 e. The van der Waals surface area contributed by atoms with Crippen molar-refractivity contribution in [3.63, 3.8) is 0 Å². The van der Waals surface area contributed by atoms with Gasteiger partial charge in [-0.15, -0.1) is 21.5 Å². The fraction of sp³-hybridized carbons (Fsp3) is 0.431. The van der Waals surface area contributed by atoms with E-state index < -0.39 is 22.0 Å². The lowest BCUT2D eigenvalue weighted by Gasteiger charge is -2.31. The molecule has 0 bridgehead atoms. The normalized spacial score (nSPS) is 15.3. The maximum atomic E-state index is 14.3. The molecular weight excluding hydrogens is 950 g/mol. The molecule has 70 heavy (non-hydrogen) atoms. The molecule has 0 unspecified atom stereocenters. The van der Waals surface area contributed by atoms with Crippen LogP contribution in [0.2, 0.25) is 5.02 Å². The van der Waals surface area contributed by atoms with Crippen LogP contribution in [0, 0.1) is 20.8 Å². The maximum Gasteiger partial charge on any atom is 0.307 e. The molecule has 0 spiro atoms. The average Bonchev–Trinajstić information content (AvgIpc) is 4.00. The third-order valence-corrected chi connectivity index (χ3v) is 16.7. The molecule has 2 aliphatic rings. The van der Waals surface area contributed by atoms with Gasteiger partial charge in [0.1, 0.15) is 16.9 Å². The number of hydrogen-bond donors (Lipinski definition) is 3. The van der Waals surface area contributed by atoms with Gasteiger partial charge in [-0.05, 0) is 94.0 Å². The first-order valence-electron chi connectivity index (χ1n) is 24.0. The number of sulfonamides is 1. The van der Waals surface area contributed by atoms with Crippen molar-refractivity contribution < 1.29 is 32.6 Å². The molecule has 2 amide bonds. The highest BCUT2D eigenvalue weighted by Gasteiger charge is 2.34. The molecule has 6 aromatic rings. The molecular formula is C51H60ClN9O7S2. The van der Waals surface area contributed by atoms with Crippen LogP contribution in [0.3, 0.4) is 0 Å². The maximum absolute atomic E-state index is 14.3. The minimum absolute atomic E-state index is 0.0139. The molecule has 0 radical (unpaired) electrons. The number of carbonyl (C=O) groups is 3. The van der Waals surface area contributed by atoms with E-state index in [1.54, 1.807) is 53.4 Å². The first-order chi connectivity index (χ1) is 33.7. The number of ether oxygens (including phenoxy) is 1. The summed E-state index contributed by atoms with van der Waals surface area (Å²) in [6.07, 6.45) is 12.0. The third kappa shape index (κ3) is 11.4. The number of nitrogens with one attached hydrogen (secondary N) is 2. The number of carbonyl (C=O) groups excluding carboxylic acids is 2. The standard InChI is InChI=1S/C51H60ClN9O7S2/c1-32-33(2)69-51-47(32)48(35-13-16-39(52)17-14-35)56-42(49-58-57-34(3)61(49)51)30-45(62)53-22-11-9-7-5-6-8-10-12-23-54-50(65)37-15-18-41(36-19-26-60-43(27-36)38(31-55-60)29-46(63)64)44(28-37)70(66,67)59-24-20-40(68-4)21-25-59/h13-19,26-28,31,40,42H,5-12,20-25,29-30H2,1-4H3,(H,53,62)(H,54,65)(H,63,64)/t42-/m0/s1. The van der Waals surface area contributed by atoms with Crippen molar-refractivity contribution in [2.24, 2.45) is 4.99 Å². The summed E-state index contributed by atoms with van der Waals surface area (Å²) in [7, 11) is -2.40. The van der Waals surface area contributed by atoms with E-state index in [1.165, 1.54) is 21.4 Å². The summed E-state index contributed by atoms with van der Waals surface area (Å²) in [6, 6.07) is 15.3. The Morgan fingerprint density at radius 2 is 1.56 bits per heavy atom. The van der Waals surface area contributed by atoms with Crippen LogP contribution in [0.5, 0.6) is 0 Å². The van der Waals surface area contributed by atoms with Gasteiger partial charge in [-0.25, -0.2) is 12.9 Å². The van der Waals surface area contributed by atoms with E-state index in [1.807, 2.05) is 31.2 Å². The number of unbranched alkanes of at least 4 members (excludes halogenated alkanes) is 7. The first kappa shape index (κ1) is 50.6. The highest BCUT2D eigenvalue weighted by Crippen LogP contribution is 2.40. The van der Waals surface area contributed by atoms with Gasteiger partial charge < -0.3 is 20.5 Å². The Balaban J connectivity index is 0.786. The molecule has 19 heteroatoms. The van der Waals surface area contributed by atoms with E-state index >= 15 is 0 Å². The summed E-state index contributed by atoms with van der Waals surface area (Å²) in [4.78, 5) is 44.8. The van der Waals surface area contributed by atoms with Crippen molar-refractivity contribution in [3.8, 4) is 16.1 Å². The van der Waals surface area contributed by atoms with Crippen molar-refractivity contribution >= 4 is 62.0 Å². The number of methoxy groups -OCH3 is 1. The lowest BCUT2D eigenvalue weighted by Crippen LogP contribution is -2.40. The number of nitrogens with zero attached hydrogens (tertiary/aromatic N) is 7. The van der Waals surface area contributed by atoms with E-state index in [9.17, 15) is 27.9 Å². The molecule has 2 aliphatic heterocycles. The number of thiophene rings is 1. The number of aromatic nitrogens is 5. The smallest absolute Gasteiger partial charge is 0.307 e. The molecule has 2 aromatic carbocycles. The van der Waals surface area contributed by atoms with Crippen LogP contribution >= 0.6 is 22.9 Å². The number of hydrogen-bond acceptors (Lipinski definition) is 11. The van der Waals surface area contributed by atoms with E-state index in [4.69, 9.17) is 21.3 Å². The Labute approximate surface area is 417 Å². The third-order valence-electron chi connectivity index (χ3n) is 13.3. The van der Waals surface area contributed by atoms with Crippen LogP contribution in [-0.2, 0) is 30.8 Å². The highest BCUT2D eigenvalue weighted by molar-refractivity contribution is 7.89. The number of carboxylic acid groups (broad SMARTS) is 1. The van der Waals surface area contributed by atoms with E-state index in [2.05, 4.69) is 44.3 Å². The van der Waals surface area contributed by atoms with E-state index in [0.29, 0.717) is 59.0 Å². The summed E-state index contributed by atoms with van der Waals surface area (Å²) < 4.78 is 39.1. The van der Waals surface area contributed by atoms with Gasteiger partial charge in [-0.1, -0.05) is 68.3 Å². The summed E-state index contributed by atoms with van der Waals surface area (Å²) in [5, 5.41) is 30.4. The Bertz CT molecular complexity index is 3010. The second-order valence-electron chi connectivity index (χ2n) is 18.1. The number of benzene rings is 2. The summed E-state index contributed by atoms with van der Waals surface area (Å²) in [6.45, 7) is 7.74. The van der Waals surface area contributed by atoms with Gasteiger partial charge in [0.25, 0.3) is 5.91 Å². The van der Waals surface area contributed by atoms with Gasteiger partial charge in [0.15, 0.2) is 5.82 Å². The summed E-state index contributed by atoms with van der Waals surface area (Å²) >= 11 is 7.93. The van der Waals surface area contributed by atoms with Crippen molar-refractivity contribution in [2.75, 3.05) is 33.3 Å². The lowest BCUT2D eigenvalue weighted by molar-refractivity contribution is -0.136. The van der Waals surface area contributed by atoms with Crippen LogP contribution < -0.4 is 10.6 Å². The summed E-state index contributed by atoms with van der Waals surface area (Å²) in [5.41, 5.74) is 6.20. The number of carboxylic acids is 1. The monoisotopic (exact) mass is 1010 g/mol. The number of aliphatic imine (C=N–C) groups is 1. The molecule has 6 heterocycles. The zero-order valence-corrected chi connectivity index (χ0v) is 42.4. The molecule has 370 valence electrons. The fourth-order valence-corrected chi connectivity index (χ4v) is 12.3. The zero-order chi connectivity index (χ0) is 49.5. The van der Waals surface area contributed by atoms with Crippen LogP contribution in [-0.4, -0.2) is 105 Å². The molecule has 1 fully saturated rings. The number of pyridine rings is 1. The minimum atomic E-state index is -4.03. The number of aryl methyl sites for hydroxylation is 2. The van der Waals surface area contributed by atoms with Crippen LogP contribution in [0.4, 0.5) is 0 Å². The van der Waals surface area contributed by atoms with Crippen molar-refractivity contribution in [2.45, 2.75) is 115 Å². The van der Waals surface area contributed by atoms with E-state index in [-0.39, 0.29) is 54.3 Å². The van der Waals surface area contributed by atoms with Gasteiger partial charge in [0.05, 0.1) is 41.3 Å². The molecule has 0 saturated carbocycles. The Kier molecular flexibility index (Phi) is 16.3. The predicted octanol–water partition coefficient (Wildman–Crippen LogP) is 8.60. The molecule has 16 nitrogen and oxygen atoms in total. The van der Waals surface area contributed by atoms with Gasteiger partial charge in [-0.3, -0.25) is 23.9 Å². The fourth-order valence-electron chi connectivity index (χ4n) is 9.28. The second kappa shape index (κ2) is 22.5. The lowest BCUT2D eigenvalue weighted by atomic mass is 9.99. The number of aliphatic carboxylic acids is 1. The van der Waals surface area contributed by atoms with Crippen molar-refractivity contribution in [1.29, 1.82) is 0 Å². The predicted molar refractivity (Wildman–Crippen MR) is 271 cm³/mol. The summed E-state index contributed by atoms with van der Waals surface area (Å²) in [5.74, 6) is -0.0311. The van der Waals surface area contributed by atoms with Crippen molar-refractivity contribution in [3.05, 3.63) is 116 Å². The Morgan fingerprint density at radius 1 is 0.871 bits per heavy atom. The van der Waals surface area contributed by atoms with Crippen LogP contribution in [0.15, 0.2) is 76.9 Å². The average molecular weight is 1010 g/mol. The molecule has 1 atom stereocenters. The largest absolute Gasteiger partial charge is 0.481 e. The number of halogens is 1. The number of fused-ring (bicyclic) bond motifs is 4. The van der Waals surface area contributed by atoms with Crippen LogP contribution in [0.1, 0.15) is 126 Å². The molecule has 4 aromatic heterocycles. The van der Waals surface area contributed by atoms with Gasteiger partial charge in [-0.2, -0.15) is 9.40 Å². The van der Waals surface area contributed by atoms with Crippen molar-refractivity contribution in [1.82, 2.24) is 39.3 Å². The number of rotatable bonds is 21. The topological polar surface area (TPSA) is 202 Å². The quantitative estimate of drug-likeness (QED) is 0.0586. The van der Waals surface area contributed by atoms with Gasteiger partial charge in [0.2, 0.25) is 15.9 Å². The molecule has 8 rings (SSSR count).